The Balaban J connectivity index is 1.38. The van der Waals surface area contributed by atoms with E-state index >= 15 is 0 Å². The molecular weight excluding hydrogens is 446 g/mol. The number of benzene rings is 2. The summed E-state index contributed by atoms with van der Waals surface area (Å²) >= 11 is 6.28. The molecular formula is C24H30ClN3O3S. The van der Waals surface area contributed by atoms with E-state index in [4.69, 9.17) is 11.6 Å². The second-order valence-electron chi connectivity index (χ2n) is 8.62. The van der Waals surface area contributed by atoms with Gasteiger partial charge in [-0.2, -0.15) is 4.31 Å². The Hall–Kier alpha value is -1.93. The number of nitrogens with one attached hydrogen (secondary N) is 1. The number of hydrogen-bond donors (Lipinski definition) is 1. The van der Waals surface area contributed by atoms with E-state index in [1.165, 1.54) is 28.1 Å². The summed E-state index contributed by atoms with van der Waals surface area (Å²) in [4.78, 5) is 15.5. The van der Waals surface area contributed by atoms with Gasteiger partial charge >= 0.3 is 0 Å². The third-order valence-corrected chi connectivity index (χ3v) is 8.53. The molecule has 0 bridgehead atoms. The molecule has 0 unspecified atom stereocenters. The molecule has 0 saturated carbocycles. The van der Waals surface area contributed by atoms with E-state index in [0.717, 1.165) is 51.7 Å². The van der Waals surface area contributed by atoms with Gasteiger partial charge in [0.25, 0.3) is 5.91 Å². The van der Waals surface area contributed by atoms with Crippen molar-refractivity contribution in [3.8, 4) is 0 Å². The smallest absolute Gasteiger partial charge is 0.253 e. The standard InChI is InChI=1S/C24H30ClN3O3S/c25-23-10-9-21(32(30,31)28-13-5-2-6-14-28)17-22(23)24(29)26-20-11-15-27(16-12-20)18-19-7-3-1-4-8-19/h1,3-4,7-10,17,20H,2,5-6,11-16,18H2,(H,26,29). The van der Waals surface area contributed by atoms with Crippen LogP contribution >= 0.6 is 11.6 Å². The monoisotopic (exact) mass is 475 g/mol. The van der Waals surface area contributed by atoms with Crippen molar-refractivity contribution in [3.63, 3.8) is 0 Å². The molecule has 8 heteroatoms. The first-order valence-corrected chi connectivity index (χ1v) is 13.1. The lowest BCUT2D eigenvalue weighted by Crippen LogP contribution is -2.44. The molecule has 2 aromatic carbocycles. The van der Waals surface area contributed by atoms with Gasteiger partial charge in [-0.15, -0.1) is 0 Å². The van der Waals surface area contributed by atoms with Crippen LogP contribution in [0.25, 0.3) is 0 Å². The first-order chi connectivity index (χ1) is 15.4. The summed E-state index contributed by atoms with van der Waals surface area (Å²) in [6, 6.07) is 14.8. The lowest BCUT2D eigenvalue weighted by Gasteiger charge is -2.32. The quantitative estimate of drug-likeness (QED) is 0.687. The molecule has 2 heterocycles. The summed E-state index contributed by atoms with van der Waals surface area (Å²) in [5.74, 6) is -0.313. The van der Waals surface area contributed by atoms with Gasteiger partial charge in [-0.1, -0.05) is 48.4 Å². The predicted molar refractivity (Wildman–Crippen MR) is 126 cm³/mol. The number of piperidine rings is 2. The van der Waals surface area contributed by atoms with Crippen LogP contribution in [-0.2, 0) is 16.6 Å². The highest BCUT2D eigenvalue weighted by atomic mass is 35.5. The van der Waals surface area contributed by atoms with Crippen molar-refractivity contribution >= 4 is 27.5 Å². The Morgan fingerprint density at radius 2 is 1.66 bits per heavy atom. The summed E-state index contributed by atoms with van der Waals surface area (Å²) in [6.07, 6.45) is 4.47. The van der Waals surface area contributed by atoms with E-state index in [2.05, 4.69) is 22.3 Å². The largest absolute Gasteiger partial charge is 0.349 e. The molecule has 6 nitrogen and oxygen atoms in total. The molecule has 0 aliphatic carbocycles. The molecule has 0 atom stereocenters. The number of amides is 1. The van der Waals surface area contributed by atoms with Crippen molar-refractivity contribution in [2.24, 2.45) is 0 Å². The van der Waals surface area contributed by atoms with E-state index < -0.39 is 10.0 Å². The zero-order valence-corrected chi connectivity index (χ0v) is 19.7. The van der Waals surface area contributed by atoms with Crippen molar-refractivity contribution < 1.29 is 13.2 Å². The number of hydrogen-bond acceptors (Lipinski definition) is 4. The molecule has 1 amide bonds. The summed E-state index contributed by atoms with van der Waals surface area (Å²) in [5.41, 5.74) is 1.50. The zero-order valence-electron chi connectivity index (χ0n) is 18.2. The molecule has 1 N–H and O–H groups in total. The highest BCUT2D eigenvalue weighted by molar-refractivity contribution is 7.89. The van der Waals surface area contributed by atoms with Crippen LogP contribution in [0.5, 0.6) is 0 Å². The van der Waals surface area contributed by atoms with E-state index in [9.17, 15) is 13.2 Å². The molecule has 0 aromatic heterocycles. The lowest BCUT2D eigenvalue weighted by molar-refractivity contribution is 0.0909. The van der Waals surface area contributed by atoms with Crippen molar-refractivity contribution in [2.75, 3.05) is 26.2 Å². The topological polar surface area (TPSA) is 69.7 Å². The molecule has 2 aliphatic heterocycles. The second-order valence-corrected chi connectivity index (χ2v) is 11.0. The van der Waals surface area contributed by atoms with Crippen molar-refractivity contribution in [1.82, 2.24) is 14.5 Å². The molecule has 0 radical (unpaired) electrons. The van der Waals surface area contributed by atoms with Gasteiger partial charge in [-0.3, -0.25) is 9.69 Å². The SMILES string of the molecule is O=C(NC1CCN(Cc2ccccc2)CC1)c1cc(S(=O)(=O)N2CCCCC2)ccc1Cl. The fraction of sp³-hybridized carbons (Fsp3) is 0.458. The Kier molecular flexibility index (Phi) is 7.51. The van der Waals surface area contributed by atoms with Gasteiger partial charge in [-0.25, -0.2) is 8.42 Å². The molecule has 2 aromatic rings. The van der Waals surface area contributed by atoms with Crippen LogP contribution in [0.1, 0.15) is 48.0 Å². The molecule has 2 saturated heterocycles. The fourth-order valence-electron chi connectivity index (χ4n) is 4.43. The predicted octanol–water partition coefficient (Wildman–Crippen LogP) is 3.91. The fourth-order valence-corrected chi connectivity index (χ4v) is 6.18. The molecule has 172 valence electrons. The van der Waals surface area contributed by atoms with Crippen LogP contribution < -0.4 is 5.32 Å². The van der Waals surface area contributed by atoms with Gasteiger partial charge in [0.05, 0.1) is 15.5 Å². The first-order valence-electron chi connectivity index (χ1n) is 11.3. The number of rotatable bonds is 6. The van der Waals surface area contributed by atoms with Crippen LogP contribution in [0.3, 0.4) is 0 Å². The Labute approximate surface area is 195 Å². The molecule has 32 heavy (non-hydrogen) atoms. The number of carbonyl (C=O) groups excluding carboxylic acids is 1. The second kappa shape index (κ2) is 10.3. The average Bonchev–Trinajstić information content (AvgIpc) is 2.82. The van der Waals surface area contributed by atoms with E-state index in [0.29, 0.717) is 13.1 Å². The average molecular weight is 476 g/mol. The number of nitrogens with zero attached hydrogens (tertiary/aromatic N) is 2. The van der Waals surface area contributed by atoms with Gasteiger partial charge in [-0.05, 0) is 49.4 Å². The number of likely N-dealkylation sites (tertiary alicyclic amines) is 1. The van der Waals surface area contributed by atoms with Gasteiger partial charge in [0, 0.05) is 38.8 Å². The lowest BCUT2D eigenvalue weighted by atomic mass is 10.0. The van der Waals surface area contributed by atoms with Gasteiger partial charge in [0.2, 0.25) is 10.0 Å². The Morgan fingerprint density at radius 1 is 0.969 bits per heavy atom. The maximum Gasteiger partial charge on any atom is 0.253 e. The number of carbonyl (C=O) groups is 1. The molecule has 2 aliphatic rings. The summed E-state index contributed by atoms with van der Waals surface area (Å²) in [7, 11) is -3.62. The molecule has 2 fully saturated rings. The summed E-state index contributed by atoms with van der Waals surface area (Å²) < 4.78 is 27.5. The third-order valence-electron chi connectivity index (χ3n) is 6.31. The van der Waals surface area contributed by atoms with Crippen molar-refractivity contribution in [3.05, 3.63) is 64.7 Å². The van der Waals surface area contributed by atoms with Crippen LogP contribution in [0, 0.1) is 0 Å². The van der Waals surface area contributed by atoms with Crippen LogP contribution in [-0.4, -0.2) is 55.8 Å². The zero-order chi connectivity index (χ0) is 22.6. The first kappa shape index (κ1) is 23.2. The molecule has 0 spiro atoms. The Morgan fingerprint density at radius 3 is 2.34 bits per heavy atom. The van der Waals surface area contributed by atoms with E-state index in [1.807, 2.05) is 18.2 Å². The summed E-state index contributed by atoms with van der Waals surface area (Å²) in [6.45, 7) is 3.75. The maximum absolute atomic E-state index is 13.0. The summed E-state index contributed by atoms with van der Waals surface area (Å²) in [5, 5.41) is 3.33. The normalized spacial score (nSPS) is 19.0. The minimum atomic E-state index is -3.62. The van der Waals surface area contributed by atoms with Crippen LogP contribution in [0.2, 0.25) is 5.02 Å². The van der Waals surface area contributed by atoms with Crippen molar-refractivity contribution in [2.45, 2.75) is 49.6 Å². The highest BCUT2D eigenvalue weighted by Crippen LogP contribution is 2.25. The highest BCUT2D eigenvalue weighted by Gasteiger charge is 2.28. The van der Waals surface area contributed by atoms with E-state index in [1.54, 1.807) is 0 Å². The van der Waals surface area contributed by atoms with Crippen LogP contribution in [0.15, 0.2) is 53.4 Å². The van der Waals surface area contributed by atoms with Crippen molar-refractivity contribution in [1.29, 1.82) is 0 Å². The van der Waals surface area contributed by atoms with Gasteiger partial charge in [0.1, 0.15) is 0 Å². The number of sulfonamides is 1. The molecule has 4 rings (SSSR count). The number of halogens is 1. The van der Waals surface area contributed by atoms with Gasteiger partial charge in [0.15, 0.2) is 0 Å². The minimum Gasteiger partial charge on any atom is -0.349 e. The Bertz CT molecular complexity index is 1030. The third kappa shape index (κ3) is 5.52. The minimum absolute atomic E-state index is 0.0490. The van der Waals surface area contributed by atoms with Gasteiger partial charge < -0.3 is 5.32 Å². The van der Waals surface area contributed by atoms with E-state index in [-0.39, 0.29) is 27.4 Å². The van der Waals surface area contributed by atoms with Crippen LogP contribution in [0.4, 0.5) is 0 Å². The maximum atomic E-state index is 13.0.